The van der Waals surface area contributed by atoms with Crippen molar-refractivity contribution in [3.63, 3.8) is 0 Å². The first kappa shape index (κ1) is 18.4. The van der Waals surface area contributed by atoms with Crippen LogP contribution in [0.3, 0.4) is 0 Å². The molecule has 0 saturated carbocycles. The van der Waals surface area contributed by atoms with E-state index in [1.807, 2.05) is 12.1 Å². The number of likely N-dealkylation sites (N-methyl/N-ethyl adjacent to an activating group) is 1. The number of anilines is 1. The maximum atomic E-state index is 12.1. The third-order valence-electron chi connectivity index (χ3n) is 3.78. The predicted molar refractivity (Wildman–Crippen MR) is 90.0 cm³/mol. The van der Waals surface area contributed by atoms with Crippen LogP contribution in [-0.4, -0.2) is 80.7 Å². The molecule has 0 aliphatic carbocycles. The van der Waals surface area contributed by atoms with Crippen molar-refractivity contribution in [2.75, 3.05) is 58.5 Å². The molecular formula is C16H26N4O4. The second-order valence-electron chi connectivity index (χ2n) is 5.77. The molecule has 1 fully saturated rings. The Morgan fingerprint density at radius 1 is 1.54 bits per heavy atom. The lowest BCUT2D eigenvalue weighted by molar-refractivity contribution is 0.0489. The number of methoxy groups -OCH3 is 1. The number of nitrogens with zero attached hydrogens (tertiary/aromatic N) is 3. The molecule has 0 unspecified atom stereocenters. The molecule has 1 atom stereocenters. The van der Waals surface area contributed by atoms with Crippen LogP contribution in [0.2, 0.25) is 0 Å². The van der Waals surface area contributed by atoms with Crippen molar-refractivity contribution in [2.45, 2.75) is 12.6 Å². The third kappa shape index (κ3) is 5.63. The number of rotatable bonds is 7. The summed E-state index contributed by atoms with van der Waals surface area (Å²) >= 11 is 0. The molecule has 0 bridgehead atoms. The van der Waals surface area contributed by atoms with Gasteiger partial charge in [-0.2, -0.15) is 0 Å². The number of morpholine rings is 1. The first-order valence-electron chi connectivity index (χ1n) is 8.03. The monoisotopic (exact) mass is 338 g/mol. The van der Waals surface area contributed by atoms with Gasteiger partial charge in [0.25, 0.3) is 0 Å². The van der Waals surface area contributed by atoms with Gasteiger partial charge < -0.3 is 29.7 Å². The van der Waals surface area contributed by atoms with Crippen molar-refractivity contribution in [1.29, 1.82) is 0 Å². The van der Waals surface area contributed by atoms with E-state index >= 15 is 0 Å². The molecule has 1 aliphatic rings. The summed E-state index contributed by atoms with van der Waals surface area (Å²) in [5.74, 6) is 0.897. The van der Waals surface area contributed by atoms with Crippen LogP contribution in [0, 0.1) is 0 Å². The van der Waals surface area contributed by atoms with Crippen LogP contribution in [-0.2, 0) is 16.0 Å². The predicted octanol–water partition coefficient (Wildman–Crippen LogP) is 0.0669. The van der Waals surface area contributed by atoms with Crippen LogP contribution in [0.5, 0.6) is 0 Å². The summed E-state index contributed by atoms with van der Waals surface area (Å²) < 4.78 is 10.2. The normalized spacial score (nSPS) is 15.9. The molecule has 1 saturated heterocycles. The van der Waals surface area contributed by atoms with Gasteiger partial charge in [-0.3, -0.25) is 0 Å². The summed E-state index contributed by atoms with van der Waals surface area (Å²) in [5.41, 5.74) is 0.977. The Balaban J connectivity index is 1.83. The van der Waals surface area contributed by atoms with E-state index in [1.54, 1.807) is 13.2 Å². The van der Waals surface area contributed by atoms with Crippen LogP contribution < -0.4 is 10.2 Å². The lowest BCUT2D eigenvalue weighted by Crippen LogP contribution is -2.42. The van der Waals surface area contributed by atoms with Crippen molar-refractivity contribution in [3.05, 3.63) is 23.9 Å². The van der Waals surface area contributed by atoms with Crippen LogP contribution in [0.25, 0.3) is 0 Å². The summed E-state index contributed by atoms with van der Waals surface area (Å²) in [5, 5.41) is 12.5. The highest BCUT2D eigenvalue weighted by molar-refractivity contribution is 5.73. The number of pyridine rings is 1. The number of amides is 2. The van der Waals surface area contributed by atoms with Gasteiger partial charge in [-0.1, -0.05) is 0 Å². The van der Waals surface area contributed by atoms with Crippen molar-refractivity contribution in [2.24, 2.45) is 0 Å². The largest absolute Gasteiger partial charge is 0.389 e. The fourth-order valence-corrected chi connectivity index (χ4v) is 2.49. The zero-order chi connectivity index (χ0) is 17.4. The highest BCUT2D eigenvalue weighted by Gasteiger charge is 2.15. The molecule has 2 amide bonds. The van der Waals surface area contributed by atoms with Gasteiger partial charge in [0.1, 0.15) is 5.82 Å². The number of urea groups is 1. The molecule has 2 rings (SSSR count). The average Bonchev–Trinajstić information content (AvgIpc) is 2.60. The molecule has 0 radical (unpaired) electrons. The molecule has 2 N–H and O–H groups in total. The molecule has 8 nitrogen and oxygen atoms in total. The maximum Gasteiger partial charge on any atom is 0.317 e. The lowest BCUT2D eigenvalue weighted by Gasteiger charge is -2.28. The Bertz CT molecular complexity index is 523. The smallest absolute Gasteiger partial charge is 0.317 e. The van der Waals surface area contributed by atoms with Gasteiger partial charge in [0, 0.05) is 40.0 Å². The van der Waals surface area contributed by atoms with Gasteiger partial charge >= 0.3 is 6.03 Å². The molecule has 0 aromatic carbocycles. The van der Waals surface area contributed by atoms with Crippen LogP contribution in [0.1, 0.15) is 5.56 Å². The number of hydrogen-bond donors (Lipinski definition) is 2. The van der Waals surface area contributed by atoms with E-state index < -0.39 is 6.10 Å². The first-order chi connectivity index (χ1) is 11.6. The zero-order valence-electron chi connectivity index (χ0n) is 14.3. The van der Waals surface area contributed by atoms with Gasteiger partial charge in [-0.15, -0.1) is 0 Å². The zero-order valence-corrected chi connectivity index (χ0v) is 14.3. The fourth-order valence-electron chi connectivity index (χ4n) is 2.49. The standard InChI is InChI=1S/C16H26N4O4/c1-19(11-14(21)12-23-2)16(22)18-10-13-3-4-17-15(9-13)20-5-7-24-8-6-20/h3-4,9,14,21H,5-8,10-12H2,1-2H3,(H,18,22)/t14-/m0/s1. The maximum absolute atomic E-state index is 12.1. The Hall–Kier alpha value is -1.90. The Morgan fingerprint density at radius 3 is 3.00 bits per heavy atom. The summed E-state index contributed by atoms with van der Waals surface area (Å²) in [6, 6.07) is 3.62. The highest BCUT2D eigenvalue weighted by atomic mass is 16.5. The number of ether oxygens (including phenoxy) is 2. The van der Waals surface area contributed by atoms with Gasteiger partial charge in [0.2, 0.25) is 0 Å². The van der Waals surface area contributed by atoms with E-state index in [0.717, 1.165) is 24.5 Å². The van der Waals surface area contributed by atoms with E-state index in [9.17, 15) is 9.90 Å². The van der Waals surface area contributed by atoms with E-state index in [4.69, 9.17) is 9.47 Å². The van der Waals surface area contributed by atoms with E-state index in [-0.39, 0.29) is 19.2 Å². The second-order valence-corrected chi connectivity index (χ2v) is 5.77. The second kappa shape index (κ2) is 9.41. The molecule has 0 spiro atoms. The minimum atomic E-state index is -0.695. The van der Waals surface area contributed by atoms with E-state index in [1.165, 1.54) is 12.0 Å². The fraction of sp³-hybridized carbons (Fsp3) is 0.625. The topological polar surface area (TPSA) is 87.2 Å². The quantitative estimate of drug-likeness (QED) is 0.731. The molecule has 1 aromatic heterocycles. The molecule has 2 heterocycles. The number of hydrogen-bond acceptors (Lipinski definition) is 6. The van der Waals surface area contributed by atoms with E-state index in [0.29, 0.717) is 19.8 Å². The summed E-state index contributed by atoms with van der Waals surface area (Å²) in [6.45, 7) is 3.88. The average molecular weight is 338 g/mol. The Kier molecular flexibility index (Phi) is 7.23. The molecule has 24 heavy (non-hydrogen) atoms. The minimum Gasteiger partial charge on any atom is -0.389 e. The minimum absolute atomic E-state index is 0.199. The van der Waals surface area contributed by atoms with Crippen LogP contribution in [0.4, 0.5) is 10.6 Å². The summed E-state index contributed by atoms with van der Waals surface area (Å²) in [4.78, 5) is 20.1. The van der Waals surface area contributed by atoms with Gasteiger partial charge in [-0.05, 0) is 17.7 Å². The highest BCUT2D eigenvalue weighted by Crippen LogP contribution is 2.14. The number of carbonyl (C=O) groups excluding carboxylic acids is 1. The number of aromatic nitrogens is 1. The Morgan fingerprint density at radius 2 is 2.29 bits per heavy atom. The molecular weight excluding hydrogens is 312 g/mol. The number of carbonyl (C=O) groups is 1. The Labute approximate surface area is 142 Å². The van der Waals surface area contributed by atoms with Crippen LogP contribution >= 0.6 is 0 Å². The van der Waals surface area contributed by atoms with Crippen molar-refractivity contribution in [3.8, 4) is 0 Å². The van der Waals surface area contributed by atoms with Crippen molar-refractivity contribution >= 4 is 11.8 Å². The summed E-state index contributed by atoms with van der Waals surface area (Å²) in [6.07, 6.45) is 1.05. The van der Waals surface area contributed by atoms with E-state index in [2.05, 4.69) is 15.2 Å². The SMILES string of the molecule is COC[C@@H](O)CN(C)C(=O)NCc1ccnc(N2CCOCC2)c1. The first-order valence-corrected chi connectivity index (χ1v) is 8.03. The number of nitrogens with one attached hydrogen (secondary N) is 1. The molecule has 8 heteroatoms. The molecule has 1 aliphatic heterocycles. The van der Waals surface area contributed by atoms with Crippen molar-refractivity contribution in [1.82, 2.24) is 15.2 Å². The molecule has 1 aromatic rings. The summed E-state index contributed by atoms with van der Waals surface area (Å²) in [7, 11) is 3.15. The number of aliphatic hydroxyl groups is 1. The van der Waals surface area contributed by atoms with Gasteiger partial charge in [0.15, 0.2) is 0 Å². The van der Waals surface area contributed by atoms with Crippen LogP contribution in [0.15, 0.2) is 18.3 Å². The van der Waals surface area contributed by atoms with Crippen molar-refractivity contribution < 1.29 is 19.4 Å². The number of aliphatic hydroxyl groups excluding tert-OH is 1. The third-order valence-corrected chi connectivity index (χ3v) is 3.78. The lowest BCUT2D eigenvalue weighted by atomic mass is 10.2. The van der Waals surface area contributed by atoms with Gasteiger partial charge in [0.05, 0.1) is 32.5 Å². The molecule has 134 valence electrons. The van der Waals surface area contributed by atoms with Gasteiger partial charge in [-0.25, -0.2) is 9.78 Å².